The first-order valence-electron chi connectivity index (χ1n) is 5.50. The number of ether oxygens (including phenoxy) is 1. The van der Waals surface area contributed by atoms with Gasteiger partial charge in [-0.2, -0.15) is 0 Å². The first-order chi connectivity index (χ1) is 8.72. The average Bonchev–Trinajstić information content (AvgIpc) is 2.39. The molecule has 0 saturated carbocycles. The molecule has 2 N–H and O–H groups in total. The fourth-order valence-corrected chi connectivity index (χ4v) is 2.07. The Morgan fingerprint density at radius 1 is 1.11 bits per heavy atom. The van der Waals surface area contributed by atoms with Crippen molar-refractivity contribution in [3.8, 4) is 5.75 Å². The maximum Gasteiger partial charge on any atom is 0.202 e. The van der Waals surface area contributed by atoms with E-state index in [1.165, 1.54) is 7.11 Å². The number of para-hydroxylation sites is 1. The normalized spacial score (nSPS) is 10.9. The van der Waals surface area contributed by atoms with E-state index in [1.54, 1.807) is 30.3 Å². The van der Waals surface area contributed by atoms with Gasteiger partial charge in [-0.3, -0.25) is 4.79 Å². The second-order valence-corrected chi connectivity index (χ2v) is 3.98. The number of methoxy groups -OCH3 is 1. The van der Waals surface area contributed by atoms with Crippen LogP contribution in [-0.4, -0.2) is 7.11 Å². The van der Waals surface area contributed by atoms with Gasteiger partial charge in [0.15, 0.2) is 0 Å². The number of rotatable bonds is 1. The number of fused-ring (bicyclic) bond motifs is 2. The SMILES string of the molecule is COc1ccc2oc3ccccc3c(=O)c2c1N. The van der Waals surface area contributed by atoms with Crippen LogP contribution >= 0.6 is 0 Å². The molecule has 90 valence electrons. The molecule has 1 heterocycles. The highest BCUT2D eigenvalue weighted by Crippen LogP contribution is 2.30. The van der Waals surface area contributed by atoms with E-state index in [9.17, 15) is 4.79 Å². The predicted octanol–water partition coefficient (Wildman–Crippen LogP) is 2.54. The van der Waals surface area contributed by atoms with Gasteiger partial charge in [0, 0.05) is 0 Å². The number of benzene rings is 2. The molecule has 18 heavy (non-hydrogen) atoms. The fourth-order valence-electron chi connectivity index (χ4n) is 2.07. The highest BCUT2D eigenvalue weighted by atomic mass is 16.5. The van der Waals surface area contributed by atoms with Crippen LogP contribution in [0.5, 0.6) is 5.75 Å². The largest absolute Gasteiger partial charge is 0.495 e. The number of anilines is 1. The minimum atomic E-state index is -0.136. The van der Waals surface area contributed by atoms with Crippen LogP contribution < -0.4 is 15.9 Å². The Morgan fingerprint density at radius 2 is 1.89 bits per heavy atom. The van der Waals surface area contributed by atoms with Gasteiger partial charge >= 0.3 is 0 Å². The zero-order valence-electron chi connectivity index (χ0n) is 9.77. The van der Waals surface area contributed by atoms with E-state index in [2.05, 4.69) is 0 Å². The van der Waals surface area contributed by atoms with Crippen molar-refractivity contribution >= 4 is 27.6 Å². The van der Waals surface area contributed by atoms with Crippen molar-refractivity contribution < 1.29 is 9.15 Å². The molecule has 0 unspecified atom stereocenters. The molecule has 4 nitrogen and oxygen atoms in total. The summed E-state index contributed by atoms with van der Waals surface area (Å²) in [5.74, 6) is 0.477. The van der Waals surface area contributed by atoms with Crippen LogP contribution in [0.15, 0.2) is 45.6 Å². The Labute approximate surface area is 103 Å². The van der Waals surface area contributed by atoms with Crippen LogP contribution in [-0.2, 0) is 0 Å². The van der Waals surface area contributed by atoms with E-state index < -0.39 is 0 Å². The molecule has 0 spiro atoms. The summed E-state index contributed by atoms with van der Waals surface area (Å²) in [6.07, 6.45) is 0. The molecule has 0 bridgehead atoms. The lowest BCUT2D eigenvalue weighted by molar-refractivity contribution is 0.417. The summed E-state index contributed by atoms with van der Waals surface area (Å²) >= 11 is 0. The maximum atomic E-state index is 12.4. The van der Waals surface area contributed by atoms with Crippen molar-refractivity contribution in [3.63, 3.8) is 0 Å². The highest BCUT2D eigenvalue weighted by molar-refractivity contribution is 5.98. The van der Waals surface area contributed by atoms with E-state index >= 15 is 0 Å². The summed E-state index contributed by atoms with van der Waals surface area (Å²) in [4.78, 5) is 12.4. The Balaban J connectivity index is 2.57. The molecule has 4 heteroatoms. The van der Waals surface area contributed by atoms with Gasteiger partial charge in [-0.1, -0.05) is 12.1 Å². The molecule has 0 saturated heterocycles. The average molecular weight is 241 g/mol. The minimum Gasteiger partial charge on any atom is -0.495 e. The van der Waals surface area contributed by atoms with Crippen LogP contribution in [0.1, 0.15) is 0 Å². The number of nitrogens with two attached hydrogens (primary N) is 1. The Hall–Kier alpha value is -2.49. The van der Waals surface area contributed by atoms with Crippen molar-refractivity contribution in [2.75, 3.05) is 12.8 Å². The molecule has 0 aliphatic carbocycles. The van der Waals surface area contributed by atoms with Gasteiger partial charge in [0.05, 0.1) is 23.6 Å². The van der Waals surface area contributed by atoms with E-state index in [0.717, 1.165) is 0 Å². The molecule has 0 fully saturated rings. The second-order valence-electron chi connectivity index (χ2n) is 3.98. The van der Waals surface area contributed by atoms with E-state index in [-0.39, 0.29) is 5.43 Å². The lowest BCUT2D eigenvalue weighted by Crippen LogP contribution is -2.06. The Morgan fingerprint density at radius 3 is 2.67 bits per heavy atom. The molecule has 2 aromatic carbocycles. The second kappa shape index (κ2) is 3.77. The molecule has 0 atom stereocenters. The van der Waals surface area contributed by atoms with Crippen molar-refractivity contribution in [1.29, 1.82) is 0 Å². The quantitative estimate of drug-likeness (QED) is 0.525. The Bertz CT molecular complexity index is 805. The van der Waals surface area contributed by atoms with Crippen molar-refractivity contribution in [2.24, 2.45) is 0 Å². The smallest absolute Gasteiger partial charge is 0.202 e. The zero-order chi connectivity index (χ0) is 12.7. The van der Waals surface area contributed by atoms with Gasteiger partial charge in [0.25, 0.3) is 0 Å². The molecule has 3 aromatic rings. The van der Waals surface area contributed by atoms with E-state index in [4.69, 9.17) is 14.9 Å². The monoisotopic (exact) mass is 241 g/mol. The van der Waals surface area contributed by atoms with Gasteiger partial charge in [-0.25, -0.2) is 0 Å². The first kappa shape index (κ1) is 10.7. The molecule has 0 amide bonds. The molecular weight excluding hydrogens is 230 g/mol. The lowest BCUT2D eigenvalue weighted by Gasteiger charge is -2.07. The van der Waals surface area contributed by atoms with Crippen molar-refractivity contribution in [2.45, 2.75) is 0 Å². The number of hydrogen-bond donors (Lipinski definition) is 1. The van der Waals surface area contributed by atoms with Crippen LogP contribution in [0.4, 0.5) is 5.69 Å². The summed E-state index contributed by atoms with van der Waals surface area (Å²) in [6, 6.07) is 10.5. The van der Waals surface area contributed by atoms with Gasteiger partial charge in [-0.05, 0) is 24.3 Å². The third-order valence-corrected chi connectivity index (χ3v) is 2.97. The van der Waals surface area contributed by atoms with Gasteiger partial charge in [-0.15, -0.1) is 0 Å². The summed E-state index contributed by atoms with van der Waals surface area (Å²) in [6.45, 7) is 0. The third-order valence-electron chi connectivity index (χ3n) is 2.97. The summed E-state index contributed by atoms with van der Waals surface area (Å²) in [7, 11) is 1.51. The maximum absolute atomic E-state index is 12.4. The highest BCUT2D eigenvalue weighted by Gasteiger charge is 2.12. The standard InChI is InChI=1S/C14H11NO3/c1-17-11-7-6-10-12(13(11)15)14(16)8-4-2-3-5-9(8)18-10/h2-7H,15H2,1H3. The van der Waals surface area contributed by atoms with Gasteiger partial charge in [0.2, 0.25) is 5.43 Å². The van der Waals surface area contributed by atoms with Crippen LogP contribution in [0, 0.1) is 0 Å². The number of hydrogen-bond acceptors (Lipinski definition) is 4. The van der Waals surface area contributed by atoms with Crippen molar-refractivity contribution in [3.05, 3.63) is 46.6 Å². The zero-order valence-corrected chi connectivity index (χ0v) is 9.77. The van der Waals surface area contributed by atoms with Gasteiger partial charge < -0.3 is 14.9 Å². The van der Waals surface area contributed by atoms with Crippen molar-refractivity contribution in [1.82, 2.24) is 0 Å². The summed E-state index contributed by atoms with van der Waals surface area (Å²) < 4.78 is 10.8. The molecule has 0 radical (unpaired) electrons. The Kier molecular flexibility index (Phi) is 2.23. The molecule has 3 rings (SSSR count). The molecular formula is C14H11NO3. The lowest BCUT2D eigenvalue weighted by atomic mass is 10.1. The van der Waals surface area contributed by atoms with Gasteiger partial charge in [0.1, 0.15) is 16.9 Å². The van der Waals surface area contributed by atoms with E-state index in [1.807, 2.05) is 6.07 Å². The van der Waals surface area contributed by atoms with Crippen LogP contribution in [0.3, 0.4) is 0 Å². The summed E-state index contributed by atoms with van der Waals surface area (Å²) in [5.41, 5.74) is 7.14. The topological polar surface area (TPSA) is 65.5 Å². The number of nitrogen functional groups attached to an aromatic ring is 1. The predicted molar refractivity (Wildman–Crippen MR) is 71.0 cm³/mol. The third kappa shape index (κ3) is 1.35. The molecule has 0 aliphatic heterocycles. The van der Waals surface area contributed by atoms with Crippen LogP contribution in [0.2, 0.25) is 0 Å². The summed E-state index contributed by atoms with van der Waals surface area (Å²) in [5, 5.41) is 0.887. The minimum absolute atomic E-state index is 0.136. The van der Waals surface area contributed by atoms with E-state index in [0.29, 0.717) is 33.4 Å². The van der Waals surface area contributed by atoms with Crippen LogP contribution in [0.25, 0.3) is 21.9 Å². The molecule has 0 aliphatic rings. The fraction of sp³-hybridized carbons (Fsp3) is 0.0714. The molecule has 1 aromatic heterocycles. The first-order valence-corrected chi connectivity index (χ1v) is 5.50.